The maximum Gasteiger partial charge on any atom is 0.321 e. The first kappa shape index (κ1) is 16.3. The van der Waals surface area contributed by atoms with E-state index >= 15 is 0 Å². The second-order valence-electron chi connectivity index (χ2n) is 6.01. The van der Waals surface area contributed by atoms with Gasteiger partial charge in [-0.25, -0.2) is 0 Å². The average molecular weight is 322 g/mol. The molecule has 1 aromatic heterocycles. The zero-order valence-corrected chi connectivity index (χ0v) is 13.8. The number of aryl methyl sites for hydroxylation is 1. The Morgan fingerprint density at radius 3 is 2.54 bits per heavy atom. The SMILES string of the molecule is CCc1ccc(CNC(Cc2c[nH]c3ccccc23)C(=O)O)cc1. The van der Waals surface area contributed by atoms with E-state index in [2.05, 4.69) is 41.5 Å². The molecule has 1 atom stereocenters. The van der Waals surface area contributed by atoms with E-state index in [4.69, 9.17) is 0 Å². The first-order valence-corrected chi connectivity index (χ1v) is 8.26. The molecule has 3 rings (SSSR count). The van der Waals surface area contributed by atoms with Crippen molar-refractivity contribution in [2.45, 2.75) is 32.4 Å². The molecule has 0 amide bonds. The Morgan fingerprint density at radius 2 is 1.83 bits per heavy atom. The molecule has 1 unspecified atom stereocenters. The van der Waals surface area contributed by atoms with Gasteiger partial charge in [-0.05, 0) is 29.2 Å². The summed E-state index contributed by atoms with van der Waals surface area (Å²) in [7, 11) is 0. The van der Waals surface area contributed by atoms with E-state index < -0.39 is 12.0 Å². The molecule has 3 aromatic rings. The smallest absolute Gasteiger partial charge is 0.321 e. The zero-order chi connectivity index (χ0) is 16.9. The van der Waals surface area contributed by atoms with Gasteiger partial charge in [0.05, 0.1) is 0 Å². The molecule has 0 radical (unpaired) electrons. The van der Waals surface area contributed by atoms with Crippen molar-refractivity contribution >= 4 is 16.9 Å². The first-order chi connectivity index (χ1) is 11.7. The van der Waals surface area contributed by atoms with Gasteiger partial charge in [-0.3, -0.25) is 4.79 Å². The Labute approximate surface area is 141 Å². The standard InChI is InChI=1S/C20H22N2O2/c1-2-14-7-9-15(10-8-14)12-21-19(20(23)24)11-16-13-22-18-6-4-3-5-17(16)18/h3-10,13,19,21-22H,2,11-12H2,1H3,(H,23,24). The fraction of sp³-hybridized carbons (Fsp3) is 0.250. The third kappa shape index (κ3) is 3.66. The number of para-hydroxylation sites is 1. The Hall–Kier alpha value is -2.59. The van der Waals surface area contributed by atoms with Crippen LogP contribution in [0.15, 0.2) is 54.7 Å². The second-order valence-corrected chi connectivity index (χ2v) is 6.01. The summed E-state index contributed by atoms with van der Waals surface area (Å²) in [6, 6.07) is 15.6. The van der Waals surface area contributed by atoms with Crippen LogP contribution in [0.1, 0.15) is 23.6 Å². The number of H-pyrrole nitrogens is 1. The van der Waals surface area contributed by atoms with Gasteiger partial charge < -0.3 is 15.4 Å². The van der Waals surface area contributed by atoms with Crippen molar-refractivity contribution in [2.24, 2.45) is 0 Å². The number of benzene rings is 2. The lowest BCUT2D eigenvalue weighted by Gasteiger charge is -2.14. The number of aromatic nitrogens is 1. The predicted octanol–water partition coefficient (Wildman–Crippen LogP) is 3.52. The summed E-state index contributed by atoms with van der Waals surface area (Å²) in [6.45, 7) is 2.66. The van der Waals surface area contributed by atoms with Crippen molar-refractivity contribution in [2.75, 3.05) is 0 Å². The number of rotatable bonds is 7. The van der Waals surface area contributed by atoms with E-state index in [-0.39, 0.29) is 0 Å². The zero-order valence-electron chi connectivity index (χ0n) is 13.8. The van der Waals surface area contributed by atoms with Crippen molar-refractivity contribution in [1.82, 2.24) is 10.3 Å². The van der Waals surface area contributed by atoms with Gasteiger partial charge in [-0.15, -0.1) is 0 Å². The van der Waals surface area contributed by atoms with Crippen molar-refractivity contribution < 1.29 is 9.90 Å². The maximum atomic E-state index is 11.6. The number of carboxylic acid groups (broad SMARTS) is 1. The molecule has 0 aliphatic heterocycles. The van der Waals surface area contributed by atoms with Crippen molar-refractivity contribution in [3.05, 3.63) is 71.4 Å². The molecule has 0 spiro atoms. The molecule has 24 heavy (non-hydrogen) atoms. The molecule has 0 bridgehead atoms. The van der Waals surface area contributed by atoms with Gasteiger partial charge in [0, 0.05) is 30.1 Å². The van der Waals surface area contributed by atoms with Gasteiger partial charge in [0.25, 0.3) is 0 Å². The van der Waals surface area contributed by atoms with Gasteiger partial charge in [-0.1, -0.05) is 49.4 Å². The van der Waals surface area contributed by atoms with Crippen LogP contribution in [0.3, 0.4) is 0 Å². The van der Waals surface area contributed by atoms with Gasteiger partial charge >= 0.3 is 5.97 Å². The first-order valence-electron chi connectivity index (χ1n) is 8.26. The number of carbonyl (C=O) groups is 1. The Morgan fingerprint density at radius 1 is 1.12 bits per heavy atom. The average Bonchev–Trinajstić information content (AvgIpc) is 3.02. The summed E-state index contributed by atoms with van der Waals surface area (Å²) in [5.74, 6) is -0.828. The minimum absolute atomic E-state index is 0.451. The van der Waals surface area contributed by atoms with Crippen LogP contribution < -0.4 is 5.32 Å². The molecule has 1 heterocycles. The lowest BCUT2D eigenvalue weighted by atomic mass is 10.0. The Balaban J connectivity index is 1.69. The molecule has 0 saturated carbocycles. The number of aromatic amines is 1. The van der Waals surface area contributed by atoms with E-state index in [1.165, 1.54) is 5.56 Å². The number of aliphatic carboxylic acids is 1. The van der Waals surface area contributed by atoms with Crippen LogP contribution >= 0.6 is 0 Å². The summed E-state index contributed by atoms with van der Waals surface area (Å²) in [5, 5.41) is 13.8. The van der Waals surface area contributed by atoms with Crippen molar-refractivity contribution in [3.8, 4) is 0 Å². The fourth-order valence-corrected chi connectivity index (χ4v) is 2.90. The number of nitrogens with one attached hydrogen (secondary N) is 2. The third-order valence-corrected chi connectivity index (χ3v) is 4.38. The largest absolute Gasteiger partial charge is 0.480 e. The maximum absolute atomic E-state index is 11.6. The van der Waals surface area contributed by atoms with E-state index in [9.17, 15) is 9.90 Å². The highest BCUT2D eigenvalue weighted by atomic mass is 16.4. The molecular formula is C20H22N2O2. The molecule has 4 nitrogen and oxygen atoms in total. The van der Waals surface area contributed by atoms with E-state index in [1.807, 2.05) is 30.5 Å². The Bertz CT molecular complexity index is 821. The highest BCUT2D eigenvalue weighted by molar-refractivity contribution is 5.84. The second kappa shape index (κ2) is 7.32. The van der Waals surface area contributed by atoms with E-state index in [1.54, 1.807) is 0 Å². The monoisotopic (exact) mass is 322 g/mol. The van der Waals surface area contributed by atoms with Gasteiger partial charge in [-0.2, -0.15) is 0 Å². The molecule has 0 fully saturated rings. The molecular weight excluding hydrogens is 300 g/mol. The van der Waals surface area contributed by atoms with Crippen LogP contribution in [-0.2, 0) is 24.2 Å². The van der Waals surface area contributed by atoms with Crippen LogP contribution in [0.5, 0.6) is 0 Å². The highest BCUT2D eigenvalue weighted by Crippen LogP contribution is 2.19. The molecule has 0 saturated heterocycles. The van der Waals surface area contributed by atoms with Crippen LogP contribution in [0.2, 0.25) is 0 Å². The summed E-state index contributed by atoms with van der Waals surface area (Å²) >= 11 is 0. The minimum Gasteiger partial charge on any atom is -0.480 e. The summed E-state index contributed by atoms with van der Waals surface area (Å²) in [5.41, 5.74) is 4.43. The fourth-order valence-electron chi connectivity index (χ4n) is 2.90. The minimum atomic E-state index is -0.828. The number of hydrogen-bond donors (Lipinski definition) is 3. The molecule has 3 N–H and O–H groups in total. The molecule has 0 aliphatic rings. The quantitative estimate of drug-likeness (QED) is 0.623. The lowest BCUT2D eigenvalue weighted by Crippen LogP contribution is -2.38. The summed E-state index contributed by atoms with van der Waals surface area (Å²) in [4.78, 5) is 14.8. The third-order valence-electron chi connectivity index (χ3n) is 4.38. The van der Waals surface area contributed by atoms with Gasteiger partial charge in [0.1, 0.15) is 6.04 Å². The van der Waals surface area contributed by atoms with Crippen LogP contribution in [0.4, 0.5) is 0 Å². The van der Waals surface area contributed by atoms with Crippen LogP contribution in [0.25, 0.3) is 10.9 Å². The highest BCUT2D eigenvalue weighted by Gasteiger charge is 2.19. The summed E-state index contributed by atoms with van der Waals surface area (Å²) < 4.78 is 0. The number of hydrogen-bond acceptors (Lipinski definition) is 2. The van der Waals surface area contributed by atoms with E-state index in [0.29, 0.717) is 13.0 Å². The molecule has 2 aromatic carbocycles. The van der Waals surface area contributed by atoms with Crippen LogP contribution in [0, 0.1) is 0 Å². The van der Waals surface area contributed by atoms with Gasteiger partial charge in [0.15, 0.2) is 0 Å². The number of carboxylic acids is 1. The Kier molecular flexibility index (Phi) is 4.96. The molecule has 4 heteroatoms. The topological polar surface area (TPSA) is 65.1 Å². The van der Waals surface area contributed by atoms with Crippen LogP contribution in [-0.4, -0.2) is 22.1 Å². The lowest BCUT2D eigenvalue weighted by molar-refractivity contribution is -0.139. The molecule has 0 aliphatic carbocycles. The summed E-state index contributed by atoms with van der Waals surface area (Å²) in [6.07, 6.45) is 3.36. The van der Waals surface area contributed by atoms with Gasteiger partial charge in [0.2, 0.25) is 0 Å². The van der Waals surface area contributed by atoms with E-state index in [0.717, 1.165) is 28.5 Å². The van der Waals surface area contributed by atoms with Crippen molar-refractivity contribution in [3.63, 3.8) is 0 Å². The normalized spacial score (nSPS) is 12.4. The van der Waals surface area contributed by atoms with Crippen molar-refractivity contribution in [1.29, 1.82) is 0 Å². The predicted molar refractivity (Wildman–Crippen MR) is 96.1 cm³/mol. The number of fused-ring (bicyclic) bond motifs is 1. The molecule has 124 valence electrons.